The molecular weight excluding hydrogens is 371 g/mol. The van der Waals surface area contributed by atoms with E-state index in [9.17, 15) is 14.0 Å². The van der Waals surface area contributed by atoms with E-state index in [4.69, 9.17) is 5.26 Å². The Labute approximate surface area is 167 Å². The summed E-state index contributed by atoms with van der Waals surface area (Å²) in [5.41, 5.74) is 2.37. The van der Waals surface area contributed by atoms with Crippen molar-refractivity contribution in [2.75, 3.05) is 22.5 Å². The molecule has 144 valence electrons. The van der Waals surface area contributed by atoms with Gasteiger partial charge in [-0.15, -0.1) is 0 Å². The highest BCUT2D eigenvalue weighted by Gasteiger charge is 2.12. The molecule has 0 aliphatic rings. The van der Waals surface area contributed by atoms with Gasteiger partial charge in [0.1, 0.15) is 5.82 Å². The fraction of sp³-hybridized carbons (Fsp3) is 0.0455. The molecule has 6 nitrogen and oxygen atoms in total. The molecule has 29 heavy (non-hydrogen) atoms. The highest BCUT2D eigenvalue weighted by Crippen LogP contribution is 2.18. The van der Waals surface area contributed by atoms with Crippen LogP contribution in [0.15, 0.2) is 72.8 Å². The van der Waals surface area contributed by atoms with Gasteiger partial charge in [0.2, 0.25) is 5.91 Å². The van der Waals surface area contributed by atoms with E-state index >= 15 is 0 Å². The van der Waals surface area contributed by atoms with Gasteiger partial charge in [0.15, 0.2) is 0 Å². The lowest BCUT2D eigenvalue weighted by atomic mass is 10.1. The van der Waals surface area contributed by atoms with E-state index < -0.39 is 5.82 Å². The van der Waals surface area contributed by atoms with E-state index in [2.05, 4.69) is 16.0 Å². The van der Waals surface area contributed by atoms with Crippen molar-refractivity contribution in [1.82, 2.24) is 0 Å². The predicted octanol–water partition coefficient (Wildman–Crippen LogP) is 4.00. The van der Waals surface area contributed by atoms with E-state index in [0.29, 0.717) is 28.2 Å². The molecule has 3 aromatic rings. The molecule has 0 spiro atoms. The zero-order valence-electron chi connectivity index (χ0n) is 15.3. The van der Waals surface area contributed by atoms with Crippen LogP contribution in [0.5, 0.6) is 0 Å². The average Bonchev–Trinajstić information content (AvgIpc) is 2.74. The molecule has 0 radical (unpaired) electrons. The highest BCUT2D eigenvalue weighted by atomic mass is 19.1. The summed E-state index contributed by atoms with van der Waals surface area (Å²) in [7, 11) is 0. The minimum Gasteiger partial charge on any atom is -0.376 e. The molecule has 3 aromatic carbocycles. The van der Waals surface area contributed by atoms with Crippen LogP contribution >= 0.6 is 0 Å². The molecule has 0 saturated heterocycles. The van der Waals surface area contributed by atoms with Crippen LogP contribution in [0, 0.1) is 17.1 Å². The van der Waals surface area contributed by atoms with Crippen molar-refractivity contribution in [3.63, 3.8) is 0 Å². The minimum absolute atomic E-state index is 0.0547. The molecule has 0 atom stereocenters. The van der Waals surface area contributed by atoms with Crippen LogP contribution in [-0.4, -0.2) is 18.4 Å². The quantitative estimate of drug-likeness (QED) is 0.595. The van der Waals surface area contributed by atoms with Gasteiger partial charge in [-0.1, -0.05) is 12.1 Å². The SMILES string of the molecule is N#Cc1ccc(NC(=O)CNc2ccccc2C(=O)Nc2ccc(F)cc2)cc1. The number of nitrogens with zero attached hydrogens (tertiary/aromatic N) is 1. The molecule has 3 rings (SSSR count). The van der Waals surface area contributed by atoms with Gasteiger partial charge in [0, 0.05) is 17.1 Å². The Morgan fingerprint density at radius 2 is 1.48 bits per heavy atom. The fourth-order valence-corrected chi connectivity index (χ4v) is 2.58. The second-order valence-corrected chi connectivity index (χ2v) is 6.10. The summed E-state index contributed by atoms with van der Waals surface area (Å²) in [5, 5.41) is 17.1. The molecule has 0 aromatic heterocycles. The second-order valence-electron chi connectivity index (χ2n) is 6.10. The van der Waals surface area contributed by atoms with Crippen LogP contribution in [0.1, 0.15) is 15.9 Å². The first kappa shape index (κ1) is 19.6. The van der Waals surface area contributed by atoms with Gasteiger partial charge in [-0.2, -0.15) is 5.26 Å². The van der Waals surface area contributed by atoms with Crippen molar-refractivity contribution >= 4 is 28.9 Å². The van der Waals surface area contributed by atoms with Crippen molar-refractivity contribution in [2.45, 2.75) is 0 Å². The number of hydrogen-bond acceptors (Lipinski definition) is 4. The lowest BCUT2D eigenvalue weighted by Crippen LogP contribution is -2.23. The molecule has 0 aliphatic carbocycles. The van der Waals surface area contributed by atoms with Crippen molar-refractivity contribution in [1.29, 1.82) is 5.26 Å². The lowest BCUT2D eigenvalue weighted by Gasteiger charge is -2.12. The Morgan fingerprint density at radius 1 is 0.862 bits per heavy atom. The van der Waals surface area contributed by atoms with E-state index in [-0.39, 0.29) is 18.4 Å². The zero-order chi connectivity index (χ0) is 20.6. The molecule has 0 heterocycles. The van der Waals surface area contributed by atoms with E-state index in [1.54, 1.807) is 48.5 Å². The molecule has 0 bridgehead atoms. The Bertz CT molecular complexity index is 1060. The number of rotatable bonds is 6. The van der Waals surface area contributed by atoms with Gasteiger partial charge >= 0.3 is 0 Å². The van der Waals surface area contributed by atoms with Gasteiger partial charge in [-0.3, -0.25) is 9.59 Å². The minimum atomic E-state index is -0.390. The zero-order valence-corrected chi connectivity index (χ0v) is 15.3. The van der Waals surface area contributed by atoms with Crippen molar-refractivity contribution in [2.24, 2.45) is 0 Å². The largest absolute Gasteiger partial charge is 0.376 e. The number of benzene rings is 3. The third kappa shape index (κ3) is 5.40. The number of carbonyl (C=O) groups is 2. The number of nitrogens with one attached hydrogen (secondary N) is 3. The van der Waals surface area contributed by atoms with Gasteiger partial charge in [0.25, 0.3) is 5.91 Å². The Balaban J connectivity index is 1.62. The molecule has 3 N–H and O–H groups in total. The molecule has 0 aliphatic heterocycles. The number of carbonyl (C=O) groups excluding carboxylic acids is 2. The standard InChI is InChI=1S/C22H17FN4O2/c23-16-7-11-18(12-8-16)27-22(29)19-3-1-2-4-20(19)25-14-21(28)26-17-9-5-15(13-24)6-10-17/h1-12,25H,14H2,(H,26,28)(H,27,29). The summed E-state index contributed by atoms with van der Waals surface area (Å²) in [6, 6.07) is 20.7. The van der Waals surface area contributed by atoms with Gasteiger partial charge < -0.3 is 16.0 Å². The molecule has 0 unspecified atom stereocenters. The second kappa shape index (κ2) is 9.15. The maximum absolute atomic E-state index is 13.0. The predicted molar refractivity (Wildman–Crippen MR) is 109 cm³/mol. The maximum Gasteiger partial charge on any atom is 0.257 e. The third-order valence-corrected chi connectivity index (χ3v) is 4.01. The number of amides is 2. The van der Waals surface area contributed by atoms with Crippen LogP contribution in [0.3, 0.4) is 0 Å². The Kier molecular flexibility index (Phi) is 6.18. The molecule has 2 amide bonds. The Morgan fingerprint density at radius 3 is 2.17 bits per heavy atom. The van der Waals surface area contributed by atoms with Crippen LogP contribution in [0.25, 0.3) is 0 Å². The van der Waals surface area contributed by atoms with Gasteiger partial charge in [0.05, 0.1) is 23.7 Å². The molecule has 0 fully saturated rings. The van der Waals surface area contributed by atoms with Crippen LogP contribution < -0.4 is 16.0 Å². The van der Waals surface area contributed by atoms with Gasteiger partial charge in [-0.05, 0) is 60.7 Å². The van der Waals surface area contributed by atoms with E-state index in [1.165, 1.54) is 24.3 Å². The van der Waals surface area contributed by atoms with E-state index in [0.717, 1.165) is 0 Å². The normalized spacial score (nSPS) is 9.93. The van der Waals surface area contributed by atoms with Crippen molar-refractivity contribution < 1.29 is 14.0 Å². The smallest absolute Gasteiger partial charge is 0.257 e. The number of nitriles is 1. The van der Waals surface area contributed by atoms with Crippen LogP contribution in [0.2, 0.25) is 0 Å². The number of halogens is 1. The number of para-hydroxylation sites is 1. The Hall–Kier alpha value is -4.18. The molecule has 0 saturated carbocycles. The lowest BCUT2D eigenvalue weighted by molar-refractivity contribution is -0.114. The first-order valence-electron chi connectivity index (χ1n) is 8.75. The van der Waals surface area contributed by atoms with Crippen LogP contribution in [0.4, 0.5) is 21.5 Å². The van der Waals surface area contributed by atoms with Crippen LogP contribution in [-0.2, 0) is 4.79 Å². The summed E-state index contributed by atoms with van der Waals surface area (Å²) in [4.78, 5) is 24.7. The summed E-state index contributed by atoms with van der Waals surface area (Å²) in [6.45, 7) is -0.0547. The average molecular weight is 388 g/mol. The monoisotopic (exact) mass is 388 g/mol. The first-order valence-corrected chi connectivity index (χ1v) is 8.75. The van der Waals surface area contributed by atoms with Crippen molar-refractivity contribution in [3.8, 4) is 6.07 Å². The maximum atomic E-state index is 13.0. The van der Waals surface area contributed by atoms with E-state index in [1.807, 2.05) is 6.07 Å². The fourth-order valence-electron chi connectivity index (χ4n) is 2.58. The summed E-state index contributed by atoms with van der Waals surface area (Å²) < 4.78 is 13.0. The third-order valence-electron chi connectivity index (χ3n) is 4.01. The van der Waals surface area contributed by atoms with Gasteiger partial charge in [-0.25, -0.2) is 4.39 Å². The highest BCUT2D eigenvalue weighted by molar-refractivity contribution is 6.08. The van der Waals surface area contributed by atoms with Crippen molar-refractivity contribution in [3.05, 3.63) is 89.7 Å². The summed E-state index contributed by atoms with van der Waals surface area (Å²) in [6.07, 6.45) is 0. The summed E-state index contributed by atoms with van der Waals surface area (Å²) in [5.74, 6) is -1.07. The number of hydrogen-bond donors (Lipinski definition) is 3. The first-order chi connectivity index (χ1) is 14.0. The topological polar surface area (TPSA) is 94.0 Å². The summed E-state index contributed by atoms with van der Waals surface area (Å²) >= 11 is 0. The number of anilines is 3. The molecular formula is C22H17FN4O2. The molecule has 7 heteroatoms.